The van der Waals surface area contributed by atoms with Crippen LogP contribution in [-0.4, -0.2) is 28.4 Å². The highest BCUT2D eigenvalue weighted by atomic mass is 19.1. The average molecular weight is 410 g/mol. The van der Waals surface area contributed by atoms with Crippen LogP contribution in [0.4, 0.5) is 4.39 Å². The van der Waals surface area contributed by atoms with Gasteiger partial charge in [0.25, 0.3) is 0 Å². The standard InChI is InChI=1S/C24H28FN3O2/c1-2-3-4-5-6-11-20-17-30-24(27-20)22-13-9-14-28(22)23(29)16-19(26)15-18-10-7-8-12-21(18)25/h2-8,10-12,17,19,22H,9,13-16,26H2,1H3/b3-2-,5-4+,11-6+/t19-,22+/m1/s1. The second-order valence-electron chi connectivity index (χ2n) is 7.39. The maximum atomic E-state index is 13.8. The van der Waals surface area contributed by atoms with E-state index in [2.05, 4.69) is 4.98 Å². The fourth-order valence-electron chi connectivity index (χ4n) is 3.61. The summed E-state index contributed by atoms with van der Waals surface area (Å²) in [5.74, 6) is 0.201. The normalized spacial score (nSPS) is 18.2. The third-order valence-corrected chi connectivity index (χ3v) is 5.07. The van der Waals surface area contributed by atoms with Crippen LogP contribution in [0.5, 0.6) is 0 Å². The smallest absolute Gasteiger partial charge is 0.224 e. The van der Waals surface area contributed by atoms with Crippen LogP contribution < -0.4 is 5.73 Å². The zero-order chi connectivity index (χ0) is 21.3. The molecule has 0 radical (unpaired) electrons. The molecule has 0 bridgehead atoms. The van der Waals surface area contributed by atoms with Gasteiger partial charge in [0.15, 0.2) is 0 Å². The number of allylic oxidation sites excluding steroid dienone is 5. The van der Waals surface area contributed by atoms with E-state index in [1.54, 1.807) is 29.4 Å². The van der Waals surface area contributed by atoms with E-state index in [4.69, 9.17) is 10.2 Å². The van der Waals surface area contributed by atoms with Crippen molar-refractivity contribution in [2.24, 2.45) is 5.73 Å². The molecule has 1 aromatic heterocycles. The predicted octanol–water partition coefficient (Wildman–Crippen LogP) is 4.58. The van der Waals surface area contributed by atoms with E-state index in [9.17, 15) is 9.18 Å². The molecule has 0 unspecified atom stereocenters. The van der Waals surface area contributed by atoms with Crippen molar-refractivity contribution in [3.63, 3.8) is 0 Å². The van der Waals surface area contributed by atoms with E-state index in [1.807, 2.05) is 43.4 Å². The van der Waals surface area contributed by atoms with Crippen molar-refractivity contribution in [1.82, 2.24) is 9.88 Å². The molecule has 2 aromatic rings. The predicted molar refractivity (Wildman–Crippen MR) is 116 cm³/mol. The molecule has 0 spiro atoms. The number of oxazole rings is 1. The highest BCUT2D eigenvalue weighted by molar-refractivity contribution is 5.77. The molecule has 3 rings (SSSR count). The minimum Gasteiger partial charge on any atom is -0.446 e. The van der Waals surface area contributed by atoms with Crippen LogP contribution in [0.25, 0.3) is 6.08 Å². The van der Waals surface area contributed by atoms with Gasteiger partial charge in [-0.3, -0.25) is 4.79 Å². The summed E-state index contributed by atoms with van der Waals surface area (Å²) in [6.07, 6.45) is 15.3. The highest BCUT2D eigenvalue weighted by Gasteiger charge is 2.33. The second kappa shape index (κ2) is 10.7. The van der Waals surface area contributed by atoms with Gasteiger partial charge in [-0.15, -0.1) is 0 Å². The van der Waals surface area contributed by atoms with Gasteiger partial charge < -0.3 is 15.1 Å². The van der Waals surface area contributed by atoms with Gasteiger partial charge in [0.2, 0.25) is 11.8 Å². The molecular formula is C24H28FN3O2. The molecule has 2 atom stereocenters. The summed E-state index contributed by atoms with van der Waals surface area (Å²) >= 11 is 0. The van der Waals surface area contributed by atoms with E-state index in [0.29, 0.717) is 30.1 Å². The van der Waals surface area contributed by atoms with Crippen molar-refractivity contribution in [3.8, 4) is 0 Å². The fraction of sp³-hybridized carbons (Fsp3) is 0.333. The van der Waals surface area contributed by atoms with Crippen molar-refractivity contribution in [2.45, 2.75) is 44.7 Å². The summed E-state index contributed by atoms with van der Waals surface area (Å²) in [6, 6.07) is 5.90. The lowest BCUT2D eigenvalue weighted by Crippen LogP contribution is -2.36. The van der Waals surface area contributed by atoms with Gasteiger partial charge in [-0.05, 0) is 43.9 Å². The summed E-state index contributed by atoms with van der Waals surface area (Å²) in [6.45, 7) is 2.61. The van der Waals surface area contributed by atoms with Gasteiger partial charge >= 0.3 is 0 Å². The van der Waals surface area contributed by atoms with Crippen LogP contribution in [0.15, 0.2) is 65.3 Å². The second-order valence-corrected chi connectivity index (χ2v) is 7.39. The lowest BCUT2D eigenvalue weighted by Gasteiger charge is -2.24. The lowest BCUT2D eigenvalue weighted by atomic mass is 10.0. The maximum Gasteiger partial charge on any atom is 0.224 e. The monoisotopic (exact) mass is 409 g/mol. The number of hydrogen-bond acceptors (Lipinski definition) is 4. The zero-order valence-corrected chi connectivity index (χ0v) is 17.2. The van der Waals surface area contributed by atoms with Crippen molar-refractivity contribution in [1.29, 1.82) is 0 Å². The van der Waals surface area contributed by atoms with E-state index >= 15 is 0 Å². The molecule has 158 valence electrons. The number of carbonyl (C=O) groups excluding carboxylic acids is 1. The van der Waals surface area contributed by atoms with Crippen LogP contribution in [-0.2, 0) is 11.2 Å². The Kier molecular flexibility index (Phi) is 7.74. The number of aromatic nitrogens is 1. The number of amides is 1. The molecule has 1 amide bonds. The number of likely N-dealkylation sites (tertiary alicyclic amines) is 1. The Bertz CT molecular complexity index is 932. The molecule has 1 aliphatic rings. The van der Waals surface area contributed by atoms with Crippen LogP contribution in [0.1, 0.15) is 49.4 Å². The van der Waals surface area contributed by atoms with Crippen LogP contribution in [0, 0.1) is 5.82 Å². The van der Waals surface area contributed by atoms with E-state index in [1.165, 1.54) is 6.07 Å². The Balaban J connectivity index is 1.60. The molecule has 2 N–H and O–H groups in total. The molecule has 30 heavy (non-hydrogen) atoms. The Morgan fingerprint density at radius 1 is 1.33 bits per heavy atom. The third-order valence-electron chi connectivity index (χ3n) is 5.07. The number of benzene rings is 1. The molecule has 5 nitrogen and oxygen atoms in total. The number of nitrogens with zero attached hydrogens (tertiary/aromatic N) is 2. The Hall–Kier alpha value is -2.99. The minimum atomic E-state index is -0.442. The van der Waals surface area contributed by atoms with Gasteiger partial charge in [0.05, 0.1) is 0 Å². The van der Waals surface area contributed by atoms with Gasteiger partial charge in [0, 0.05) is 19.0 Å². The SMILES string of the molecule is C\C=C/C=C/C=C/c1coc([C@@H]2CCCN2C(=O)C[C@H](N)Cc2ccccc2F)n1. The van der Waals surface area contributed by atoms with Crippen LogP contribution in [0.3, 0.4) is 0 Å². The summed E-state index contributed by atoms with van der Waals surface area (Å²) in [5.41, 5.74) is 7.39. The first-order chi connectivity index (χ1) is 14.6. The number of halogens is 1. The Morgan fingerprint density at radius 3 is 2.93 bits per heavy atom. The largest absolute Gasteiger partial charge is 0.446 e. The van der Waals surface area contributed by atoms with Crippen molar-refractivity contribution < 1.29 is 13.6 Å². The summed E-state index contributed by atoms with van der Waals surface area (Å²) in [4.78, 5) is 19.2. The van der Waals surface area contributed by atoms with Crippen LogP contribution in [0.2, 0.25) is 0 Å². The van der Waals surface area contributed by atoms with E-state index in [-0.39, 0.29) is 24.2 Å². The Morgan fingerprint density at radius 2 is 2.13 bits per heavy atom. The summed E-state index contributed by atoms with van der Waals surface area (Å²) < 4.78 is 19.5. The summed E-state index contributed by atoms with van der Waals surface area (Å²) in [7, 11) is 0. The first-order valence-corrected chi connectivity index (χ1v) is 10.3. The zero-order valence-electron chi connectivity index (χ0n) is 17.2. The van der Waals surface area contributed by atoms with Gasteiger partial charge in [-0.2, -0.15) is 0 Å². The number of nitrogens with two attached hydrogens (primary N) is 1. The number of hydrogen-bond donors (Lipinski definition) is 1. The van der Waals surface area contributed by atoms with Gasteiger partial charge in [-0.1, -0.05) is 48.6 Å². The van der Waals surface area contributed by atoms with Gasteiger partial charge in [0.1, 0.15) is 23.8 Å². The van der Waals surface area contributed by atoms with Crippen molar-refractivity contribution in [2.75, 3.05) is 6.54 Å². The van der Waals surface area contributed by atoms with Crippen molar-refractivity contribution >= 4 is 12.0 Å². The maximum absolute atomic E-state index is 13.8. The molecule has 1 fully saturated rings. The van der Waals surface area contributed by atoms with E-state index < -0.39 is 6.04 Å². The molecule has 1 aliphatic heterocycles. The fourth-order valence-corrected chi connectivity index (χ4v) is 3.61. The van der Waals surface area contributed by atoms with Gasteiger partial charge in [-0.25, -0.2) is 9.37 Å². The molecule has 1 aromatic carbocycles. The molecule has 0 aliphatic carbocycles. The third kappa shape index (κ3) is 5.76. The molecule has 0 saturated carbocycles. The molecule has 6 heteroatoms. The average Bonchev–Trinajstić information content (AvgIpc) is 3.39. The number of carbonyl (C=O) groups is 1. The molecule has 2 heterocycles. The van der Waals surface area contributed by atoms with Crippen LogP contribution >= 0.6 is 0 Å². The quantitative estimate of drug-likeness (QED) is 0.648. The highest BCUT2D eigenvalue weighted by Crippen LogP contribution is 2.32. The minimum absolute atomic E-state index is 0.0501. The topological polar surface area (TPSA) is 72.4 Å². The first kappa shape index (κ1) is 21.7. The van der Waals surface area contributed by atoms with Crippen molar-refractivity contribution in [3.05, 3.63) is 83.9 Å². The molecule has 1 saturated heterocycles. The van der Waals surface area contributed by atoms with E-state index in [0.717, 1.165) is 12.8 Å². The first-order valence-electron chi connectivity index (χ1n) is 10.3. The number of rotatable bonds is 8. The Labute approximate surface area is 176 Å². The summed E-state index contributed by atoms with van der Waals surface area (Å²) in [5, 5.41) is 0. The lowest BCUT2D eigenvalue weighted by molar-refractivity contribution is -0.132. The molecular weight excluding hydrogens is 381 g/mol.